The van der Waals surface area contributed by atoms with Gasteiger partial charge in [0.15, 0.2) is 11.5 Å². The van der Waals surface area contributed by atoms with Gasteiger partial charge in [-0.15, -0.1) is 5.10 Å². The maximum Gasteiger partial charge on any atom is 0.249 e. The van der Waals surface area contributed by atoms with Crippen LogP contribution in [0.15, 0.2) is 60.7 Å². The van der Waals surface area contributed by atoms with Crippen molar-refractivity contribution in [2.45, 2.75) is 58.2 Å². The minimum absolute atomic E-state index is 0.108. The van der Waals surface area contributed by atoms with Crippen molar-refractivity contribution >= 4 is 28.5 Å². The molecule has 1 atom stereocenters. The molecule has 3 aromatic carbocycles. The number of nitrogens with one attached hydrogen (secondary N) is 1. The molecule has 0 radical (unpaired) electrons. The highest BCUT2D eigenvalue weighted by Gasteiger charge is 2.37. The number of amides is 2. The number of para-hydroxylation sites is 2. The zero-order chi connectivity index (χ0) is 28.4. The molecule has 0 aliphatic heterocycles. The van der Waals surface area contributed by atoms with Gasteiger partial charge in [-0.3, -0.25) is 14.5 Å². The number of anilines is 1. The van der Waals surface area contributed by atoms with E-state index in [1.807, 2.05) is 57.2 Å². The summed E-state index contributed by atoms with van der Waals surface area (Å²) in [4.78, 5) is 30.1. The van der Waals surface area contributed by atoms with E-state index in [1.165, 1.54) is 18.2 Å². The second-order valence-electron chi connectivity index (χ2n) is 11.0. The highest BCUT2D eigenvalue weighted by Crippen LogP contribution is 2.40. The number of hydrogen-bond acceptors (Lipinski definition) is 6. The summed E-state index contributed by atoms with van der Waals surface area (Å²) in [7, 11) is 3.08. The molecule has 208 valence electrons. The summed E-state index contributed by atoms with van der Waals surface area (Å²) in [5.41, 5.74) is 4.49. The molecule has 9 nitrogen and oxygen atoms in total. The fraction of sp³-hybridized carbons (Fsp3) is 0.355. The van der Waals surface area contributed by atoms with E-state index in [0.29, 0.717) is 28.3 Å². The van der Waals surface area contributed by atoms with Gasteiger partial charge in [0, 0.05) is 16.8 Å². The number of hydrogen-bond donors (Lipinski definition) is 1. The van der Waals surface area contributed by atoms with Crippen molar-refractivity contribution in [3.8, 4) is 11.5 Å². The number of aromatic nitrogens is 3. The fourth-order valence-corrected chi connectivity index (χ4v) is 5.35. The Morgan fingerprint density at radius 3 is 2.52 bits per heavy atom. The molecular weight excluding hydrogens is 506 g/mol. The molecule has 1 aliphatic rings. The maximum absolute atomic E-state index is 14.4. The Morgan fingerprint density at radius 2 is 1.77 bits per heavy atom. The van der Waals surface area contributed by atoms with Gasteiger partial charge >= 0.3 is 0 Å². The number of aryl methyl sites for hydroxylation is 2. The van der Waals surface area contributed by atoms with Crippen molar-refractivity contribution in [2.75, 3.05) is 19.1 Å². The molecule has 1 N–H and O–H groups in total. The number of carbonyl (C=O) groups is 2. The van der Waals surface area contributed by atoms with Crippen LogP contribution >= 0.6 is 0 Å². The minimum atomic E-state index is -1.05. The van der Waals surface area contributed by atoms with Crippen LogP contribution in [0.3, 0.4) is 0 Å². The van der Waals surface area contributed by atoms with Crippen LogP contribution in [0, 0.1) is 0 Å². The SMILES string of the molecule is COc1cccc(C(C(=O)NC(C)(C)C)N(C(=O)Cn2nnc3ccccc32)c2ccc3c(c2)CCC3)c1OC. The van der Waals surface area contributed by atoms with Gasteiger partial charge in [-0.1, -0.05) is 35.5 Å². The van der Waals surface area contributed by atoms with Crippen molar-refractivity contribution in [1.29, 1.82) is 0 Å². The summed E-state index contributed by atoms with van der Waals surface area (Å²) in [6.45, 7) is 5.62. The Bertz CT molecular complexity index is 1560. The highest BCUT2D eigenvalue weighted by atomic mass is 16.5. The van der Waals surface area contributed by atoms with Gasteiger partial charge in [-0.25, -0.2) is 4.68 Å². The van der Waals surface area contributed by atoms with Crippen molar-refractivity contribution < 1.29 is 19.1 Å². The van der Waals surface area contributed by atoms with Crippen molar-refractivity contribution in [3.05, 3.63) is 77.4 Å². The van der Waals surface area contributed by atoms with Gasteiger partial charge in [-0.05, 0) is 81.5 Å². The lowest BCUT2D eigenvalue weighted by atomic mass is 9.98. The van der Waals surface area contributed by atoms with Crippen LogP contribution in [0.5, 0.6) is 11.5 Å². The Hall–Kier alpha value is -4.40. The summed E-state index contributed by atoms with van der Waals surface area (Å²) >= 11 is 0. The van der Waals surface area contributed by atoms with Crippen LogP contribution in [0.2, 0.25) is 0 Å². The number of rotatable bonds is 8. The average Bonchev–Trinajstić information content (AvgIpc) is 3.56. The second kappa shape index (κ2) is 11.0. The molecule has 0 saturated carbocycles. The van der Waals surface area contributed by atoms with Gasteiger partial charge in [0.25, 0.3) is 0 Å². The Balaban J connectivity index is 1.68. The summed E-state index contributed by atoms with van der Waals surface area (Å²) < 4.78 is 12.9. The molecule has 1 aromatic heterocycles. The molecule has 2 amide bonds. The van der Waals surface area contributed by atoms with E-state index in [1.54, 1.807) is 34.9 Å². The van der Waals surface area contributed by atoms with Crippen molar-refractivity contribution in [3.63, 3.8) is 0 Å². The van der Waals surface area contributed by atoms with E-state index in [-0.39, 0.29) is 18.4 Å². The smallest absolute Gasteiger partial charge is 0.249 e. The van der Waals surface area contributed by atoms with Gasteiger partial charge in [0.05, 0.1) is 19.7 Å². The summed E-state index contributed by atoms with van der Waals surface area (Å²) in [5, 5.41) is 11.5. The molecule has 9 heteroatoms. The molecule has 0 bridgehead atoms. The molecule has 0 spiro atoms. The van der Waals surface area contributed by atoms with E-state index in [4.69, 9.17) is 9.47 Å². The lowest BCUT2D eigenvalue weighted by Crippen LogP contribution is -2.50. The Morgan fingerprint density at radius 1 is 1.00 bits per heavy atom. The molecule has 0 fully saturated rings. The first-order valence-corrected chi connectivity index (χ1v) is 13.4. The first-order valence-electron chi connectivity index (χ1n) is 13.4. The van der Waals surface area contributed by atoms with Gasteiger partial charge < -0.3 is 14.8 Å². The number of methoxy groups -OCH3 is 2. The minimum Gasteiger partial charge on any atom is -0.493 e. The van der Waals surface area contributed by atoms with Gasteiger partial charge in [0.2, 0.25) is 11.8 Å². The third kappa shape index (κ3) is 5.36. The number of fused-ring (bicyclic) bond motifs is 2. The number of carbonyl (C=O) groups excluding carboxylic acids is 2. The third-order valence-electron chi connectivity index (χ3n) is 7.07. The Labute approximate surface area is 234 Å². The van der Waals surface area contributed by atoms with Gasteiger partial charge in [0.1, 0.15) is 18.1 Å². The molecule has 1 aliphatic carbocycles. The first-order chi connectivity index (χ1) is 19.2. The van der Waals surface area contributed by atoms with E-state index in [2.05, 4.69) is 21.7 Å². The van der Waals surface area contributed by atoms with Gasteiger partial charge in [-0.2, -0.15) is 0 Å². The standard InChI is InChI=1S/C31H35N5O4/c1-31(2,3)32-30(38)28(23-12-9-15-26(39-4)29(23)40-5)36(22-17-16-20-10-8-11-21(20)18-22)27(37)19-35-25-14-7-6-13-24(25)33-34-35/h6-7,9,12-18,28H,8,10-11,19H2,1-5H3,(H,32,38). The average molecular weight is 542 g/mol. The molecule has 40 heavy (non-hydrogen) atoms. The molecule has 4 aromatic rings. The highest BCUT2D eigenvalue weighted by molar-refractivity contribution is 6.02. The van der Waals surface area contributed by atoms with Crippen LogP contribution < -0.4 is 19.7 Å². The molecule has 1 unspecified atom stereocenters. The number of ether oxygens (including phenoxy) is 2. The van der Waals surface area contributed by atoms with Crippen LogP contribution in [-0.4, -0.2) is 46.6 Å². The molecule has 5 rings (SSSR count). The van der Waals surface area contributed by atoms with Crippen molar-refractivity contribution in [2.24, 2.45) is 0 Å². The normalized spacial score (nSPS) is 13.5. The predicted octanol–water partition coefficient (Wildman–Crippen LogP) is 4.63. The molecule has 0 saturated heterocycles. The van der Waals surface area contributed by atoms with E-state index in [0.717, 1.165) is 24.8 Å². The summed E-state index contributed by atoms with van der Waals surface area (Å²) in [6.07, 6.45) is 3.00. The van der Waals surface area contributed by atoms with Crippen LogP contribution in [0.25, 0.3) is 11.0 Å². The third-order valence-corrected chi connectivity index (χ3v) is 7.07. The van der Waals surface area contributed by atoms with Crippen LogP contribution in [0.1, 0.15) is 49.9 Å². The largest absolute Gasteiger partial charge is 0.493 e. The zero-order valence-electron chi connectivity index (χ0n) is 23.6. The summed E-state index contributed by atoms with van der Waals surface area (Å²) in [6, 6.07) is 17.8. The Kier molecular flexibility index (Phi) is 7.47. The van der Waals surface area contributed by atoms with E-state index < -0.39 is 11.6 Å². The fourth-order valence-electron chi connectivity index (χ4n) is 5.35. The monoisotopic (exact) mass is 541 g/mol. The molecular formula is C31H35N5O4. The summed E-state index contributed by atoms with van der Waals surface area (Å²) in [5.74, 6) is 0.213. The zero-order valence-corrected chi connectivity index (χ0v) is 23.6. The topological polar surface area (TPSA) is 98.6 Å². The lowest BCUT2D eigenvalue weighted by molar-refractivity contribution is -0.128. The maximum atomic E-state index is 14.4. The lowest BCUT2D eigenvalue weighted by Gasteiger charge is -2.34. The first kappa shape index (κ1) is 27.2. The molecule has 1 heterocycles. The predicted molar refractivity (Wildman–Crippen MR) is 154 cm³/mol. The van der Waals surface area contributed by atoms with Crippen LogP contribution in [-0.2, 0) is 29.0 Å². The van der Waals surface area contributed by atoms with E-state index in [9.17, 15) is 9.59 Å². The second-order valence-corrected chi connectivity index (χ2v) is 11.0. The number of nitrogens with zero attached hydrogens (tertiary/aromatic N) is 4. The quantitative estimate of drug-likeness (QED) is 0.349. The number of benzene rings is 3. The van der Waals surface area contributed by atoms with Crippen molar-refractivity contribution in [1.82, 2.24) is 20.3 Å². The van der Waals surface area contributed by atoms with E-state index >= 15 is 0 Å². The van der Waals surface area contributed by atoms with Crippen LogP contribution in [0.4, 0.5) is 5.69 Å².